The Hall–Kier alpha value is -0.830. The van der Waals surface area contributed by atoms with Crippen LogP contribution in [-0.4, -0.2) is 35.1 Å². The van der Waals surface area contributed by atoms with Crippen molar-refractivity contribution in [3.05, 3.63) is 12.7 Å². The van der Waals surface area contributed by atoms with Crippen LogP contribution in [0.5, 0.6) is 0 Å². The molecule has 0 radical (unpaired) electrons. The second-order valence-corrected chi connectivity index (χ2v) is 3.49. The highest BCUT2D eigenvalue weighted by Gasteiger charge is 2.31. The van der Waals surface area contributed by atoms with Crippen molar-refractivity contribution in [1.82, 2.24) is 4.90 Å². The lowest BCUT2D eigenvalue weighted by molar-refractivity contribution is -0.130. The van der Waals surface area contributed by atoms with Gasteiger partial charge in [-0.1, -0.05) is 13.0 Å². The molecule has 2 atom stereocenters. The number of carbonyl (C=O) groups excluding carboxylic acids is 1. The van der Waals surface area contributed by atoms with E-state index in [1.165, 1.54) is 0 Å². The summed E-state index contributed by atoms with van der Waals surface area (Å²) in [5, 5.41) is 9.04. The van der Waals surface area contributed by atoms with Crippen LogP contribution in [0.25, 0.3) is 0 Å². The number of amides is 1. The van der Waals surface area contributed by atoms with Gasteiger partial charge in [-0.05, 0) is 6.42 Å². The van der Waals surface area contributed by atoms with Crippen LogP contribution in [0.1, 0.15) is 19.8 Å². The molecule has 0 aliphatic carbocycles. The molecule has 0 aromatic rings. The van der Waals surface area contributed by atoms with Gasteiger partial charge in [-0.3, -0.25) is 4.79 Å². The highest BCUT2D eigenvalue weighted by atomic mass is 16.3. The summed E-state index contributed by atoms with van der Waals surface area (Å²) in [5.74, 6) is 0.416. The molecule has 1 saturated heterocycles. The van der Waals surface area contributed by atoms with Crippen LogP contribution >= 0.6 is 0 Å². The molecule has 3 heteroatoms. The normalized spacial score (nSPS) is 24.9. The average molecular weight is 183 g/mol. The van der Waals surface area contributed by atoms with Crippen molar-refractivity contribution in [1.29, 1.82) is 0 Å². The highest BCUT2D eigenvalue weighted by Crippen LogP contribution is 2.21. The molecule has 0 saturated carbocycles. The Morgan fingerprint density at radius 3 is 2.92 bits per heavy atom. The van der Waals surface area contributed by atoms with Crippen LogP contribution in [-0.2, 0) is 4.79 Å². The van der Waals surface area contributed by atoms with E-state index in [9.17, 15) is 4.79 Å². The summed E-state index contributed by atoms with van der Waals surface area (Å²) in [6, 6.07) is -0.00236. The highest BCUT2D eigenvalue weighted by molar-refractivity contribution is 5.79. The van der Waals surface area contributed by atoms with Gasteiger partial charge in [-0.15, -0.1) is 6.58 Å². The zero-order valence-electron chi connectivity index (χ0n) is 8.07. The fourth-order valence-electron chi connectivity index (χ4n) is 1.72. The van der Waals surface area contributed by atoms with E-state index in [-0.39, 0.29) is 24.5 Å². The molecule has 1 amide bonds. The number of carbonyl (C=O) groups is 1. The molecule has 0 spiro atoms. The third-order valence-electron chi connectivity index (χ3n) is 2.64. The average Bonchev–Trinajstić information content (AvgIpc) is 2.50. The van der Waals surface area contributed by atoms with Gasteiger partial charge in [-0.2, -0.15) is 0 Å². The molecule has 1 rings (SSSR count). The predicted molar refractivity (Wildman–Crippen MR) is 51.2 cm³/mol. The zero-order chi connectivity index (χ0) is 9.84. The van der Waals surface area contributed by atoms with Gasteiger partial charge in [0.05, 0.1) is 12.6 Å². The third-order valence-corrected chi connectivity index (χ3v) is 2.64. The molecule has 0 aromatic heterocycles. The number of nitrogens with zero attached hydrogens (tertiary/aromatic N) is 1. The van der Waals surface area contributed by atoms with Gasteiger partial charge < -0.3 is 10.0 Å². The molecule has 1 aliphatic heterocycles. The van der Waals surface area contributed by atoms with Gasteiger partial charge in [0.25, 0.3) is 0 Å². The molecular formula is C10H17NO2. The monoisotopic (exact) mass is 183 g/mol. The largest absolute Gasteiger partial charge is 0.394 e. The van der Waals surface area contributed by atoms with E-state index in [1.54, 1.807) is 4.90 Å². The standard InChI is InChI=1S/C10H17NO2/c1-3-8-5-10(13)11(6-8)9(4-2)7-12/h3,8-9,12H,1,4-7H2,2H3. The second kappa shape index (κ2) is 4.42. The van der Waals surface area contributed by atoms with Gasteiger partial charge in [0.15, 0.2) is 0 Å². The molecule has 1 N–H and O–H groups in total. The van der Waals surface area contributed by atoms with Crippen LogP contribution in [0.2, 0.25) is 0 Å². The molecular weight excluding hydrogens is 166 g/mol. The molecule has 1 aliphatic rings. The number of hydrogen-bond acceptors (Lipinski definition) is 2. The summed E-state index contributed by atoms with van der Waals surface area (Å²) in [5.41, 5.74) is 0. The first-order chi connectivity index (χ1) is 6.22. The van der Waals surface area contributed by atoms with E-state index in [1.807, 2.05) is 13.0 Å². The van der Waals surface area contributed by atoms with E-state index >= 15 is 0 Å². The molecule has 0 bridgehead atoms. The molecule has 13 heavy (non-hydrogen) atoms. The van der Waals surface area contributed by atoms with Gasteiger partial charge in [0, 0.05) is 18.9 Å². The maximum Gasteiger partial charge on any atom is 0.223 e. The number of aliphatic hydroxyl groups excluding tert-OH is 1. The van der Waals surface area contributed by atoms with Crippen LogP contribution in [0, 0.1) is 5.92 Å². The maximum absolute atomic E-state index is 11.5. The Kier molecular flexibility index (Phi) is 3.48. The summed E-state index contributed by atoms with van der Waals surface area (Å²) in [7, 11) is 0. The van der Waals surface area contributed by atoms with Crippen molar-refractivity contribution in [2.24, 2.45) is 5.92 Å². The van der Waals surface area contributed by atoms with Gasteiger partial charge in [-0.25, -0.2) is 0 Å². The summed E-state index contributed by atoms with van der Waals surface area (Å²) >= 11 is 0. The van der Waals surface area contributed by atoms with Crippen LogP contribution < -0.4 is 0 Å². The Morgan fingerprint density at radius 2 is 2.54 bits per heavy atom. The lowest BCUT2D eigenvalue weighted by atomic mass is 10.1. The van der Waals surface area contributed by atoms with Gasteiger partial charge >= 0.3 is 0 Å². The Bertz CT molecular complexity index is 199. The van der Waals surface area contributed by atoms with Crippen molar-refractivity contribution < 1.29 is 9.90 Å². The minimum absolute atomic E-state index is 0.00236. The lowest BCUT2D eigenvalue weighted by Gasteiger charge is -2.25. The van der Waals surface area contributed by atoms with E-state index in [0.717, 1.165) is 13.0 Å². The second-order valence-electron chi connectivity index (χ2n) is 3.49. The van der Waals surface area contributed by atoms with Crippen LogP contribution in [0.4, 0.5) is 0 Å². The number of aliphatic hydroxyl groups is 1. The zero-order valence-corrected chi connectivity index (χ0v) is 8.07. The Balaban J connectivity index is 2.60. The van der Waals surface area contributed by atoms with Crippen molar-refractivity contribution >= 4 is 5.91 Å². The first-order valence-corrected chi connectivity index (χ1v) is 4.75. The first kappa shape index (κ1) is 10.3. The summed E-state index contributed by atoms with van der Waals surface area (Å²) in [4.78, 5) is 13.2. The summed E-state index contributed by atoms with van der Waals surface area (Å²) < 4.78 is 0. The van der Waals surface area contributed by atoms with Crippen molar-refractivity contribution in [3.8, 4) is 0 Å². The molecule has 2 unspecified atom stereocenters. The summed E-state index contributed by atoms with van der Waals surface area (Å²) in [6.07, 6.45) is 3.19. The summed E-state index contributed by atoms with van der Waals surface area (Å²) in [6.45, 7) is 6.45. The topological polar surface area (TPSA) is 40.5 Å². The smallest absolute Gasteiger partial charge is 0.223 e. The van der Waals surface area contributed by atoms with Crippen LogP contribution in [0.15, 0.2) is 12.7 Å². The van der Waals surface area contributed by atoms with Crippen LogP contribution in [0.3, 0.4) is 0 Å². The van der Waals surface area contributed by atoms with E-state index < -0.39 is 0 Å². The first-order valence-electron chi connectivity index (χ1n) is 4.75. The Morgan fingerprint density at radius 1 is 1.85 bits per heavy atom. The minimum atomic E-state index is -0.00236. The number of hydrogen-bond donors (Lipinski definition) is 1. The minimum Gasteiger partial charge on any atom is -0.394 e. The molecule has 1 heterocycles. The van der Waals surface area contributed by atoms with E-state index in [0.29, 0.717) is 6.42 Å². The van der Waals surface area contributed by atoms with E-state index in [2.05, 4.69) is 6.58 Å². The quantitative estimate of drug-likeness (QED) is 0.655. The molecule has 1 fully saturated rings. The van der Waals surface area contributed by atoms with Crippen molar-refractivity contribution in [2.45, 2.75) is 25.8 Å². The van der Waals surface area contributed by atoms with Crippen molar-refractivity contribution in [3.63, 3.8) is 0 Å². The number of likely N-dealkylation sites (tertiary alicyclic amines) is 1. The van der Waals surface area contributed by atoms with E-state index in [4.69, 9.17) is 5.11 Å². The fourth-order valence-corrected chi connectivity index (χ4v) is 1.72. The van der Waals surface area contributed by atoms with Crippen molar-refractivity contribution in [2.75, 3.05) is 13.2 Å². The Labute approximate surface area is 79.0 Å². The number of rotatable bonds is 4. The fraction of sp³-hybridized carbons (Fsp3) is 0.700. The lowest BCUT2D eigenvalue weighted by Crippen LogP contribution is -2.38. The molecule has 3 nitrogen and oxygen atoms in total. The third kappa shape index (κ3) is 2.10. The predicted octanol–water partition coefficient (Wildman–Crippen LogP) is 0.792. The molecule has 0 aromatic carbocycles. The van der Waals surface area contributed by atoms with Gasteiger partial charge in [0.2, 0.25) is 5.91 Å². The van der Waals surface area contributed by atoms with Gasteiger partial charge in [0.1, 0.15) is 0 Å². The maximum atomic E-state index is 11.5. The SMILES string of the molecule is C=CC1CC(=O)N(C(CC)CO)C1. The molecule has 74 valence electrons.